The summed E-state index contributed by atoms with van der Waals surface area (Å²) in [5.74, 6) is 0.287. The quantitative estimate of drug-likeness (QED) is 0.430. The average molecular weight is 432 g/mol. The van der Waals surface area contributed by atoms with Crippen LogP contribution < -0.4 is 21.7 Å². The number of fused-ring (bicyclic) bond motifs is 2. The number of anilines is 2. The second-order valence-corrected chi connectivity index (χ2v) is 8.78. The van der Waals surface area contributed by atoms with Crippen LogP contribution in [-0.2, 0) is 11.3 Å². The number of hydrogen-bond donors (Lipinski definition) is 3. The summed E-state index contributed by atoms with van der Waals surface area (Å²) in [6.07, 6.45) is 7.51. The second kappa shape index (κ2) is 6.92. The fourth-order valence-corrected chi connectivity index (χ4v) is 4.50. The molecule has 1 aliphatic heterocycles. The molecule has 6 rings (SSSR count). The zero-order chi connectivity index (χ0) is 21.9. The van der Waals surface area contributed by atoms with Crippen molar-refractivity contribution in [3.8, 4) is 0 Å². The van der Waals surface area contributed by atoms with E-state index in [-0.39, 0.29) is 11.9 Å². The van der Waals surface area contributed by atoms with Gasteiger partial charge in [0.25, 0.3) is 0 Å². The van der Waals surface area contributed by atoms with E-state index in [0.717, 1.165) is 35.1 Å². The van der Waals surface area contributed by atoms with Crippen LogP contribution in [0.25, 0.3) is 22.1 Å². The van der Waals surface area contributed by atoms with Gasteiger partial charge in [0, 0.05) is 35.8 Å². The largest absolute Gasteiger partial charge is 0.464 e. The summed E-state index contributed by atoms with van der Waals surface area (Å²) in [4.78, 5) is 27.7. The van der Waals surface area contributed by atoms with E-state index in [1.54, 1.807) is 12.6 Å². The van der Waals surface area contributed by atoms with Crippen molar-refractivity contribution in [2.45, 2.75) is 37.4 Å². The number of hydrogen-bond acceptors (Lipinski definition) is 8. The molecule has 0 radical (unpaired) electrons. The first kappa shape index (κ1) is 19.1. The molecule has 2 aliphatic rings. The maximum Gasteiger partial charge on any atom is 0.242 e. The minimum absolute atomic E-state index is 0.0593. The summed E-state index contributed by atoms with van der Waals surface area (Å²) in [5, 5.41) is 4.07. The third-order valence-electron chi connectivity index (χ3n) is 6.46. The minimum Gasteiger partial charge on any atom is -0.464 e. The summed E-state index contributed by atoms with van der Waals surface area (Å²) >= 11 is 0. The Hall–Kier alpha value is -3.66. The van der Waals surface area contributed by atoms with Gasteiger partial charge in [0.1, 0.15) is 23.0 Å². The molecule has 0 bridgehead atoms. The molecule has 3 aromatic heterocycles. The Bertz CT molecular complexity index is 1340. The first-order valence-electron chi connectivity index (χ1n) is 10.8. The lowest BCUT2D eigenvalue weighted by Crippen LogP contribution is -2.56. The Morgan fingerprint density at radius 1 is 1.25 bits per heavy atom. The van der Waals surface area contributed by atoms with Gasteiger partial charge in [-0.1, -0.05) is 0 Å². The highest BCUT2D eigenvalue weighted by Gasteiger charge is 2.43. The normalized spacial score (nSPS) is 21.0. The number of carbonyl (C=O) groups excluding carboxylic acids is 1. The number of amides is 1. The summed E-state index contributed by atoms with van der Waals surface area (Å²) in [5.41, 5.74) is 15.6. The van der Waals surface area contributed by atoms with Crippen LogP contribution >= 0.6 is 0 Å². The number of nitrogens with one attached hydrogen (secondary N) is 1. The molecule has 4 aromatic rings. The number of nitrogens with two attached hydrogens (primary N) is 2. The molecule has 1 saturated heterocycles. The van der Waals surface area contributed by atoms with E-state index in [2.05, 4.69) is 31.2 Å². The van der Waals surface area contributed by atoms with Crippen molar-refractivity contribution in [2.24, 2.45) is 5.73 Å². The molecule has 1 saturated carbocycles. The van der Waals surface area contributed by atoms with E-state index in [9.17, 15) is 4.79 Å². The van der Waals surface area contributed by atoms with Crippen LogP contribution in [0, 0.1) is 0 Å². The highest BCUT2D eigenvalue weighted by atomic mass is 16.3. The van der Waals surface area contributed by atoms with Crippen LogP contribution in [0.5, 0.6) is 0 Å². The Morgan fingerprint density at radius 3 is 2.97 bits per heavy atom. The van der Waals surface area contributed by atoms with Gasteiger partial charge in [-0.2, -0.15) is 0 Å². The number of imidazole rings is 1. The number of aromatic nitrogens is 4. The van der Waals surface area contributed by atoms with Crippen molar-refractivity contribution in [3.05, 3.63) is 42.7 Å². The van der Waals surface area contributed by atoms with Crippen molar-refractivity contribution in [3.63, 3.8) is 0 Å². The zero-order valence-corrected chi connectivity index (χ0v) is 17.5. The van der Waals surface area contributed by atoms with Crippen LogP contribution in [0.15, 0.2) is 41.5 Å². The molecule has 1 amide bonds. The average Bonchev–Trinajstić information content (AvgIpc) is 3.16. The molecule has 10 nitrogen and oxygen atoms in total. The lowest BCUT2D eigenvalue weighted by Gasteiger charge is -2.26. The second-order valence-electron chi connectivity index (χ2n) is 8.78. The number of nitrogen functional groups attached to an aromatic ring is 1. The van der Waals surface area contributed by atoms with Gasteiger partial charge in [-0.25, -0.2) is 15.0 Å². The summed E-state index contributed by atoms with van der Waals surface area (Å²) < 4.78 is 7.80. The lowest BCUT2D eigenvalue weighted by molar-refractivity contribution is -0.125. The Balaban J connectivity index is 1.37. The SMILES string of the molecule is Nc1ncnc2c1ncn2Cc1c(N2CCC(N)(C(=O)NC3CC3)C2)ccc2ccoc12. The zero-order valence-electron chi connectivity index (χ0n) is 17.5. The van der Waals surface area contributed by atoms with Crippen molar-refractivity contribution in [1.82, 2.24) is 24.8 Å². The monoisotopic (exact) mass is 432 g/mol. The molecule has 10 heteroatoms. The predicted molar refractivity (Wildman–Crippen MR) is 120 cm³/mol. The van der Waals surface area contributed by atoms with Crippen molar-refractivity contribution in [1.29, 1.82) is 0 Å². The van der Waals surface area contributed by atoms with E-state index < -0.39 is 5.54 Å². The molecular weight excluding hydrogens is 408 g/mol. The first-order valence-corrected chi connectivity index (χ1v) is 10.8. The Kier molecular flexibility index (Phi) is 4.12. The number of carbonyl (C=O) groups is 1. The van der Waals surface area contributed by atoms with Gasteiger partial charge in [-0.3, -0.25) is 4.79 Å². The van der Waals surface area contributed by atoms with E-state index in [1.807, 2.05) is 16.7 Å². The van der Waals surface area contributed by atoms with Gasteiger partial charge in [0.2, 0.25) is 5.91 Å². The van der Waals surface area contributed by atoms with Crippen LogP contribution in [0.2, 0.25) is 0 Å². The maximum absolute atomic E-state index is 12.8. The third kappa shape index (κ3) is 3.06. The summed E-state index contributed by atoms with van der Waals surface area (Å²) in [6, 6.07) is 6.33. The minimum atomic E-state index is -0.901. The molecule has 2 fully saturated rings. The number of rotatable bonds is 5. The molecule has 0 spiro atoms. The van der Waals surface area contributed by atoms with E-state index in [4.69, 9.17) is 15.9 Å². The Labute approximate surface area is 183 Å². The van der Waals surface area contributed by atoms with Gasteiger partial charge in [-0.15, -0.1) is 0 Å². The molecule has 1 aliphatic carbocycles. The number of nitrogens with zero attached hydrogens (tertiary/aromatic N) is 5. The van der Waals surface area contributed by atoms with Crippen LogP contribution in [0.4, 0.5) is 11.5 Å². The Morgan fingerprint density at radius 2 is 2.12 bits per heavy atom. The molecule has 164 valence electrons. The fourth-order valence-electron chi connectivity index (χ4n) is 4.50. The molecule has 5 N–H and O–H groups in total. The van der Waals surface area contributed by atoms with E-state index in [1.165, 1.54) is 6.33 Å². The molecule has 4 heterocycles. The summed E-state index contributed by atoms with van der Waals surface area (Å²) in [6.45, 7) is 1.62. The smallest absolute Gasteiger partial charge is 0.242 e. The molecule has 1 aromatic carbocycles. The molecule has 32 heavy (non-hydrogen) atoms. The summed E-state index contributed by atoms with van der Waals surface area (Å²) in [7, 11) is 0. The van der Waals surface area contributed by atoms with Crippen LogP contribution in [-0.4, -0.2) is 50.1 Å². The number of furan rings is 1. The highest BCUT2D eigenvalue weighted by molar-refractivity contribution is 5.90. The first-order chi connectivity index (χ1) is 15.5. The van der Waals surface area contributed by atoms with Crippen molar-refractivity contribution in [2.75, 3.05) is 23.7 Å². The van der Waals surface area contributed by atoms with E-state index in [0.29, 0.717) is 43.0 Å². The lowest BCUT2D eigenvalue weighted by atomic mass is 9.99. The van der Waals surface area contributed by atoms with Gasteiger partial charge in [-0.05, 0) is 37.5 Å². The van der Waals surface area contributed by atoms with E-state index >= 15 is 0 Å². The van der Waals surface area contributed by atoms with Gasteiger partial charge < -0.3 is 30.7 Å². The predicted octanol–water partition coefficient (Wildman–Crippen LogP) is 1.39. The fraction of sp³-hybridized carbons (Fsp3) is 0.364. The van der Waals surface area contributed by atoms with Crippen molar-refractivity contribution >= 4 is 39.5 Å². The van der Waals surface area contributed by atoms with Gasteiger partial charge in [0.15, 0.2) is 11.5 Å². The third-order valence-corrected chi connectivity index (χ3v) is 6.46. The van der Waals surface area contributed by atoms with Gasteiger partial charge >= 0.3 is 0 Å². The van der Waals surface area contributed by atoms with Crippen molar-refractivity contribution < 1.29 is 9.21 Å². The van der Waals surface area contributed by atoms with Crippen LogP contribution in [0.1, 0.15) is 24.8 Å². The molecule has 1 atom stereocenters. The standard InChI is InChI=1S/C22H24N8O2/c23-19-17-20(26-11-25-19)30(12-27-17)9-15-16(4-1-13-5-8-32-18(13)15)29-7-6-22(24,10-29)21(31)28-14-2-3-14/h1,4-5,8,11-12,14H,2-3,6-7,9-10,24H2,(H,28,31)(H2,23,25,26). The maximum atomic E-state index is 12.8. The molecular formula is C22H24N8O2. The number of benzene rings is 1. The highest BCUT2D eigenvalue weighted by Crippen LogP contribution is 2.35. The topological polar surface area (TPSA) is 141 Å². The van der Waals surface area contributed by atoms with Crippen LogP contribution in [0.3, 0.4) is 0 Å². The molecule has 1 unspecified atom stereocenters. The van der Waals surface area contributed by atoms with Gasteiger partial charge in [0.05, 0.1) is 19.1 Å².